The Morgan fingerprint density at radius 3 is 2.53 bits per heavy atom. The van der Waals surface area contributed by atoms with Gasteiger partial charge in [-0.3, -0.25) is 4.68 Å². The van der Waals surface area contributed by atoms with E-state index in [1.54, 1.807) is 11.0 Å². The van der Waals surface area contributed by atoms with Crippen LogP contribution in [-0.4, -0.2) is 21.3 Å². The average Bonchev–Trinajstić information content (AvgIpc) is 2.81. The van der Waals surface area contributed by atoms with Gasteiger partial charge in [-0.05, 0) is 17.4 Å². The number of aryl methyl sites for hydroxylation is 1. The Bertz CT molecular complexity index is 490. The molecule has 0 saturated heterocycles. The highest BCUT2D eigenvalue weighted by atomic mass is 15.3. The Kier molecular flexibility index (Phi) is 4.68. The first kappa shape index (κ1) is 13.7. The number of rotatable bonds is 6. The second-order valence-electron chi connectivity index (χ2n) is 5.23. The number of benzene rings is 1. The maximum Gasteiger partial charge on any atom is 0.164 e. The summed E-state index contributed by atoms with van der Waals surface area (Å²) in [6.45, 7) is 6.19. The van der Waals surface area contributed by atoms with E-state index in [2.05, 4.69) is 59.6 Å². The van der Waals surface area contributed by atoms with Gasteiger partial charge in [0.1, 0.15) is 6.33 Å². The van der Waals surface area contributed by atoms with Gasteiger partial charge < -0.3 is 5.32 Å². The summed E-state index contributed by atoms with van der Waals surface area (Å²) in [4.78, 5) is 4.22. The average molecular weight is 258 g/mol. The molecule has 1 unspecified atom stereocenters. The van der Waals surface area contributed by atoms with Crippen molar-refractivity contribution in [3.63, 3.8) is 0 Å². The van der Waals surface area contributed by atoms with Crippen LogP contribution in [0.2, 0.25) is 0 Å². The summed E-state index contributed by atoms with van der Waals surface area (Å²) in [6, 6.07) is 10.7. The molecule has 0 aliphatic rings. The predicted octanol–water partition coefficient (Wildman–Crippen LogP) is 2.34. The second kappa shape index (κ2) is 6.48. The molecule has 1 heterocycles. The van der Waals surface area contributed by atoms with Gasteiger partial charge in [0, 0.05) is 13.6 Å². The summed E-state index contributed by atoms with van der Waals surface area (Å²) in [5, 5.41) is 7.72. The summed E-state index contributed by atoms with van der Waals surface area (Å²) in [5.41, 5.74) is 1.39. The SMILES string of the molecule is CC(C)C(CNCc1ncn(C)n1)c1ccccc1. The van der Waals surface area contributed by atoms with Crippen LogP contribution in [0.1, 0.15) is 31.2 Å². The fraction of sp³-hybridized carbons (Fsp3) is 0.467. The molecule has 0 aliphatic carbocycles. The van der Waals surface area contributed by atoms with Crippen LogP contribution in [0.5, 0.6) is 0 Å². The van der Waals surface area contributed by atoms with Crippen LogP contribution < -0.4 is 5.32 Å². The Balaban J connectivity index is 1.91. The fourth-order valence-electron chi connectivity index (χ4n) is 2.24. The molecule has 19 heavy (non-hydrogen) atoms. The monoisotopic (exact) mass is 258 g/mol. The van der Waals surface area contributed by atoms with Crippen molar-refractivity contribution >= 4 is 0 Å². The smallest absolute Gasteiger partial charge is 0.164 e. The zero-order valence-electron chi connectivity index (χ0n) is 11.9. The third-order valence-electron chi connectivity index (χ3n) is 3.33. The maximum atomic E-state index is 4.27. The first-order valence-electron chi connectivity index (χ1n) is 6.77. The molecule has 2 aromatic rings. The molecule has 1 atom stereocenters. The second-order valence-corrected chi connectivity index (χ2v) is 5.23. The van der Waals surface area contributed by atoms with Crippen LogP contribution in [0, 0.1) is 5.92 Å². The molecule has 0 fully saturated rings. The normalized spacial score (nSPS) is 12.8. The van der Waals surface area contributed by atoms with Crippen molar-refractivity contribution in [1.82, 2.24) is 20.1 Å². The van der Waals surface area contributed by atoms with Crippen molar-refractivity contribution in [2.24, 2.45) is 13.0 Å². The van der Waals surface area contributed by atoms with E-state index in [1.165, 1.54) is 5.56 Å². The summed E-state index contributed by atoms with van der Waals surface area (Å²) in [6.07, 6.45) is 1.73. The maximum absolute atomic E-state index is 4.27. The van der Waals surface area contributed by atoms with E-state index < -0.39 is 0 Å². The molecular weight excluding hydrogens is 236 g/mol. The molecule has 2 rings (SSSR count). The quantitative estimate of drug-likeness (QED) is 0.865. The van der Waals surface area contributed by atoms with Crippen LogP contribution in [-0.2, 0) is 13.6 Å². The number of nitrogens with zero attached hydrogens (tertiary/aromatic N) is 3. The molecule has 0 aliphatic heterocycles. The van der Waals surface area contributed by atoms with Gasteiger partial charge in [-0.15, -0.1) is 0 Å². The molecule has 0 radical (unpaired) electrons. The molecule has 102 valence electrons. The topological polar surface area (TPSA) is 42.7 Å². The van der Waals surface area contributed by atoms with E-state index in [9.17, 15) is 0 Å². The molecular formula is C15H22N4. The van der Waals surface area contributed by atoms with Crippen molar-refractivity contribution in [2.45, 2.75) is 26.3 Å². The third-order valence-corrected chi connectivity index (χ3v) is 3.33. The Morgan fingerprint density at radius 1 is 1.21 bits per heavy atom. The Hall–Kier alpha value is -1.68. The summed E-state index contributed by atoms with van der Waals surface area (Å²) < 4.78 is 1.73. The van der Waals surface area contributed by atoms with Crippen molar-refractivity contribution < 1.29 is 0 Å². The van der Waals surface area contributed by atoms with Crippen LogP contribution in [0.15, 0.2) is 36.7 Å². The Morgan fingerprint density at radius 2 is 1.95 bits per heavy atom. The molecule has 0 bridgehead atoms. The van der Waals surface area contributed by atoms with Gasteiger partial charge in [-0.25, -0.2) is 4.98 Å². The molecule has 1 aromatic heterocycles. The molecule has 1 N–H and O–H groups in total. The van der Waals surface area contributed by atoms with E-state index in [1.807, 2.05) is 7.05 Å². The first-order valence-corrected chi connectivity index (χ1v) is 6.77. The van der Waals surface area contributed by atoms with Gasteiger partial charge in [0.15, 0.2) is 5.82 Å². The summed E-state index contributed by atoms with van der Waals surface area (Å²) in [5.74, 6) is 1.97. The van der Waals surface area contributed by atoms with Gasteiger partial charge in [0.2, 0.25) is 0 Å². The van der Waals surface area contributed by atoms with Gasteiger partial charge >= 0.3 is 0 Å². The third kappa shape index (κ3) is 3.89. The van der Waals surface area contributed by atoms with E-state index in [-0.39, 0.29) is 0 Å². The standard InChI is InChI=1S/C15H22N4/c1-12(2)14(13-7-5-4-6-8-13)9-16-10-15-17-11-19(3)18-15/h4-8,11-12,14,16H,9-10H2,1-3H3. The number of hydrogen-bond acceptors (Lipinski definition) is 3. The minimum Gasteiger partial charge on any atom is -0.309 e. The highest BCUT2D eigenvalue weighted by molar-refractivity contribution is 5.20. The van der Waals surface area contributed by atoms with Crippen molar-refractivity contribution in [3.8, 4) is 0 Å². The predicted molar refractivity (Wildman–Crippen MR) is 76.7 cm³/mol. The zero-order chi connectivity index (χ0) is 13.7. The van der Waals surface area contributed by atoms with Crippen molar-refractivity contribution in [3.05, 3.63) is 48.0 Å². The fourth-order valence-corrected chi connectivity index (χ4v) is 2.24. The molecule has 1 aromatic carbocycles. The highest BCUT2D eigenvalue weighted by Crippen LogP contribution is 2.23. The van der Waals surface area contributed by atoms with Gasteiger partial charge in [0.25, 0.3) is 0 Å². The highest BCUT2D eigenvalue weighted by Gasteiger charge is 2.15. The lowest BCUT2D eigenvalue weighted by Gasteiger charge is -2.21. The zero-order valence-corrected chi connectivity index (χ0v) is 11.9. The van der Waals surface area contributed by atoms with E-state index in [0.717, 1.165) is 18.9 Å². The summed E-state index contributed by atoms with van der Waals surface area (Å²) in [7, 11) is 1.89. The lowest BCUT2D eigenvalue weighted by molar-refractivity contribution is 0.458. The summed E-state index contributed by atoms with van der Waals surface area (Å²) >= 11 is 0. The Labute approximate surface area is 114 Å². The lowest BCUT2D eigenvalue weighted by atomic mass is 9.88. The molecule has 4 nitrogen and oxygen atoms in total. The largest absolute Gasteiger partial charge is 0.309 e. The van der Waals surface area contributed by atoms with E-state index in [0.29, 0.717) is 11.8 Å². The van der Waals surface area contributed by atoms with Crippen LogP contribution in [0.25, 0.3) is 0 Å². The molecule has 4 heteroatoms. The van der Waals surface area contributed by atoms with Gasteiger partial charge in [-0.2, -0.15) is 5.10 Å². The van der Waals surface area contributed by atoms with E-state index >= 15 is 0 Å². The lowest BCUT2D eigenvalue weighted by Crippen LogP contribution is -2.25. The van der Waals surface area contributed by atoms with Crippen LogP contribution in [0.3, 0.4) is 0 Å². The molecule has 0 saturated carbocycles. The number of nitrogens with one attached hydrogen (secondary N) is 1. The van der Waals surface area contributed by atoms with E-state index in [4.69, 9.17) is 0 Å². The number of aromatic nitrogens is 3. The number of hydrogen-bond donors (Lipinski definition) is 1. The molecule has 0 spiro atoms. The minimum absolute atomic E-state index is 0.518. The van der Waals surface area contributed by atoms with Crippen LogP contribution >= 0.6 is 0 Å². The van der Waals surface area contributed by atoms with Gasteiger partial charge in [-0.1, -0.05) is 44.2 Å². The minimum atomic E-state index is 0.518. The first-order chi connectivity index (χ1) is 9.16. The van der Waals surface area contributed by atoms with Crippen molar-refractivity contribution in [2.75, 3.05) is 6.54 Å². The van der Waals surface area contributed by atoms with Gasteiger partial charge in [0.05, 0.1) is 6.54 Å². The molecule has 0 amide bonds. The van der Waals surface area contributed by atoms with Crippen LogP contribution in [0.4, 0.5) is 0 Å². The van der Waals surface area contributed by atoms with Crippen molar-refractivity contribution in [1.29, 1.82) is 0 Å².